The summed E-state index contributed by atoms with van der Waals surface area (Å²) in [6.45, 7) is 6.06. The predicted molar refractivity (Wildman–Crippen MR) is 142 cm³/mol. The Morgan fingerprint density at radius 1 is 1.11 bits per heavy atom. The number of carbonyl (C=O) groups is 2. The van der Waals surface area contributed by atoms with E-state index in [1.807, 2.05) is 17.2 Å². The molecule has 1 atom stereocenters. The number of methoxy groups -OCH3 is 1. The molecule has 1 N–H and O–H groups in total. The Labute approximate surface area is 218 Å². The largest absolute Gasteiger partial charge is 0.383 e. The molecule has 3 aromatic rings. The average Bonchev–Trinajstić information content (AvgIpc) is 3.40. The Morgan fingerprint density at radius 3 is 2.49 bits per heavy atom. The van der Waals surface area contributed by atoms with Crippen LogP contribution in [0.3, 0.4) is 0 Å². The molecule has 2 aromatic carbocycles. The van der Waals surface area contributed by atoms with Gasteiger partial charge in [-0.05, 0) is 53.4 Å². The van der Waals surface area contributed by atoms with Gasteiger partial charge in [0.25, 0.3) is 0 Å². The molecule has 8 heteroatoms. The third-order valence-corrected chi connectivity index (χ3v) is 6.72. The molecule has 0 spiro atoms. The zero-order valence-corrected chi connectivity index (χ0v) is 21.6. The molecule has 0 radical (unpaired) electrons. The van der Waals surface area contributed by atoms with Gasteiger partial charge in [0.15, 0.2) is 0 Å². The number of nitriles is 1. The summed E-state index contributed by atoms with van der Waals surface area (Å²) in [6, 6.07) is 20.6. The highest BCUT2D eigenvalue weighted by Gasteiger charge is 2.33. The first-order valence-corrected chi connectivity index (χ1v) is 12.5. The van der Waals surface area contributed by atoms with Gasteiger partial charge >= 0.3 is 6.03 Å². The van der Waals surface area contributed by atoms with E-state index in [-0.39, 0.29) is 25.0 Å². The average molecular weight is 500 g/mol. The number of rotatable bonds is 8. The second-order valence-electron chi connectivity index (χ2n) is 9.47. The summed E-state index contributed by atoms with van der Waals surface area (Å²) >= 11 is 0. The molecular formula is C29H33N5O3. The van der Waals surface area contributed by atoms with Gasteiger partial charge in [0.05, 0.1) is 24.3 Å². The van der Waals surface area contributed by atoms with Gasteiger partial charge in [-0.25, -0.2) is 4.79 Å². The van der Waals surface area contributed by atoms with E-state index < -0.39 is 6.03 Å². The zero-order chi connectivity index (χ0) is 26.4. The normalized spacial score (nSPS) is 14.7. The quantitative estimate of drug-likeness (QED) is 0.491. The summed E-state index contributed by atoms with van der Waals surface area (Å²) in [5.74, 6) is 0.294. The minimum atomic E-state index is -0.395. The van der Waals surface area contributed by atoms with Crippen LogP contribution in [0.4, 0.5) is 10.5 Å². The molecule has 1 aromatic heterocycles. The van der Waals surface area contributed by atoms with E-state index in [1.165, 1.54) is 10.5 Å². The third-order valence-electron chi connectivity index (χ3n) is 6.72. The van der Waals surface area contributed by atoms with E-state index in [0.717, 1.165) is 11.3 Å². The van der Waals surface area contributed by atoms with Gasteiger partial charge in [-0.2, -0.15) is 5.26 Å². The van der Waals surface area contributed by atoms with Crippen LogP contribution < -0.4 is 5.32 Å². The van der Waals surface area contributed by atoms with Crippen LogP contribution in [0, 0.1) is 11.3 Å². The highest BCUT2D eigenvalue weighted by atomic mass is 16.5. The highest BCUT2D eigenvalue weighted by molar-refractivity contribution is 5.92. The van der Waals surface area contributed by atoms with Crippen molar-refractivity contribution in [3.05, 3.63) is 89.2 Å². The van der Waals surface area contributed by atoms with E-state index in [0.29, 0.717) is 36.9 Å². The highest BCUT2D eigenvalue weighted by Crippen LogP contribution is 2.33. The van der Waals surface area contributed by atoms with Gasteiger partial charge in [0, 0.05) is 44.3 Å². The Kier molecular flexibility index (Phi) is 8.26. The lowest BCUT2D eigenvalue weighted by Gasteiger charge is -2.38. The SMILES string of the molecule is COCCN(CC(=O)N1CCn2cccc2C1c1ccc(C(C)C)cc1)C(=O)Nc1ccc(C#N)cc1. The first-order valence-electron chi connectivity index (χ1n) is 12.5. The van der Waals surface area contributed by atoms with Gasteiger partial charge in [0.2, 0.25) is 5.91 Å². The summed E-state index contributed by atoms with van der Waals surface area (Å²) in [5, 5.41) is 11.8. The number of nitrogens with one attached hydrogen (secondary N) is 1. The number of nitrogens with zero attached hydrogens (tertiary/aromatic N) is 4. The molecule has 1 unspecified atom stereocenters. The third kappa shape index (κ3) is 6.01. The van der Waals surface area contributed by atoms with Crippen LogP contribution in [0.15, 0.2) is 66.9 Å². The van der Waals surface area contributed by atoms with Gasteiger partial charge in [-0.15, -0.1) is 0 Å². The Hall–Kier alpha value is -4.09. The number of anilines is 1. The molecule has 8 nitrogen and oxygen atoms in total. The number of carbonyl (C=O) groups excluding carboxylic acids is 2. The fourth-order valence-corrected chi connectivity index (χ4v) is 4.60. The van der Waals surface area contributed by atoms with Crippen LogP contribution in [0.2, 0.25) is 0 Å². The van der Waals surface area contributed by atoms with Crippen LogP contribution in [-0.4, -0.2) is 59.7 Å². The van der Waals surface area contributed by atoms with Crippen molar-refractivity contribution in [3.63, 3.8) is 0 Å². The minimum Gasteiger partial charge on any atom is -0.383 e. The number of benzene rings is 2. The summed E-state index contributed by atoms with van der Waals surface area (Å²) in [4.78, 5) is 30.2. The van der Waals surface area contributed by atoms with Crippen molar-refractivity contribution < 1.29 is 14.3 Å². The molecule has 1 aliphatic heterocycles. The van der Waals surface area contributed by atoms with Gasteiger partial charge < -0.3 is 24.4 Å². The van der Waals surface area contributed by atoms with Crippen molar-refractivity contribution in [3.8, 4) is 6.07 Å². The van der Waals surface area contributed by atoms with Gasteiger partial charge in [-0.3, -0.25) is 4.79 Å². The summed E-state index contributed by atoms with van der Waals surface area (Å²) in [6.07, 6.45) is 2.04. The van der Waals surface area contributed by atoms with Gasteiger partial charge in [0.1, 0.15) is 6.54 Å². The number of ether oxygens (including phenoxy) is 1. The molecule has 0 saturated heterocycles. The molecule has 0 fully saturated rings. The lowest BCUT2D eigenvalue weighted by atomic mass is 9.95. The smallest absolute Gasteiger partial charge is 0.322 e. The molecule has 3 amide bonds. The molecule has 0 aliphatic carbocycles. The van der Waals surface area contributed by atoms with Crippen molar-refractivity contribution in [1.82, 2.24) is 14.4 Å². The number of aromatic nitrogens is 1. The number of hydrogen-bond acceptors (Lipinski definition) is 4. The molecular weight excluding hydrogens is 466 g/mol. The fraction of sp³-hybridized carbons (Fsp3) is 0.345. The second-order valence-corrected chi connectivity index (χ2v) is 9.47. The number of fused-ring (bicyclic) bond motifs is 1. The molecule has 192 valence electrons. The number of amides is 3. The van der Waals surface area contributed by atoms with E-state index in [4.69, 9.17) is 10.00 Å². The zero-order valence-electron chi connectivity index (χ0n) is 21.6. The fourth-order valence-electron chi connectivity index (χ4n) is 4.60. The predicted octanol–water partition coefficient (Wildman–Crippen LogP) is 4.60. The van der Waals surface area contributed by atoms with Crippen molar-refractivity contribution >= 4 is 17.6 Å². The minimum absolute atomic E-state index is 0.0766. The van der Waals surface area contributed by atoms with Crippen LogP contribution in [0.1, 0.15) is 48.2 Å². The molecule has 2 heterocycles. The van der Waals surface area contributed by atoms with Crippen LogP contribution in [0.5, 0.6) is 0 Å². The van der Waals surface area contributed by atoms with Crippen molar-refractivity contribution in [2.24, 2.45) is 0 Å². The number of urea groups is 1. The summed E-state index contributed by atoms with van der Waals surface area (Å²) < 4.78 is 7.39. The Morgan fingerprint density at radius 2 is 1.84 bits per heavy atom. The summed E-state index contributed by atoms with van der Waals surface area (Å²) in [7, 11) is 1.56. The second kappa shape index (κ2) is 11.8. The first-order chi connectivity index (χ1) is 17.9. The monoisotopic (exact) mass is 499 g/mol. The molecule has 1 aliphatic rings. The van der Waals surface area contributed by atoms with Crippen LogP contribution >= 0.6 is 0 Å². The standard InChI is InChI=1S/C29H33N5O3/c1-21(2)23-8-10-24(11-9-23)28-26-5-4-14-32(26)15-16-34(28)27(35)20-33(17-18-37-3)29(36)31-25-12-6-22(19-30)7-13-25/h4-14,21,28H,15-18,20H2,1-3H3,(H,31,36). The Bertz CT molecular complexity index is 1260. The molecule has 0 saturated carbocycles. The Balaban J connectivity index is 1.55. The van der Waals surface area contributed by atoms with Crippen molar-refractivity contribution in [2.75, 3.05) is 38.7 Å². The van der Waals surface area contributed by atoms with Gasteiger partial charge in [-0.1, -0.05) is 38.1 Å². The lowest BCUT2D eigenvalue weighted by Crippen LogP contribution is -2.49. The maximum Gasteiger partial charge on any atom is 0.322 e. The molecule has 4 rings (SSSR count). The maximum atomic E-state index is 13.7. The van der Waals surface area contributed by atoms with Crippen molar-refractivity contribution in [1.29, 1.82) is 5.26 Å². The first kappa shape index (κ1) is 26.0. The van der Waals surface area contributed by atoms with E-state index in [9.17, 15) is 9.59 Å². The maximum absolute atomic E-state index is 13.7. The summed E-state index contributed by atoms with van der Waals surface area (Å²) in [5.41, 5.74) is 4.41. The lowest BCUT2D eigenvalue weighted by molar-refractivity contribution is -0.134. The van der Waals surface area contributed by atoms with Crippen molar-refractivity contribution in [2.45, 2.75) is 32.4 Å². The van der Waals surface area contributed by atoms with E-state index in [2.05, 4.69) is 60.1 Å². The van der Waals surface area contributed by atoms with Crippen LogP contribution in [-0.2, 0) is 16.1 Å². The van der Waals surface area contributed by atoms with E-state index in [1.54, 1.807) is 31.4 Å². The molecule has 37 heavy (non-hydrogen) atoms. The molecule has 0 bridgehead atoms. The number of hydrogen-bond donors (Lipinski definition) is 1. The van der Waals surface area contributed by atoms with E-state index >= 15 is 0 Å². The topological polar surface area (TPSA) is 90.6 Å². The van der Waals surface area contributed by atoms with Crippen LogP contribution in [0.25, 0.3) is 0 Å².